The number of ether oxygens (including phenoxy) is 1. The number of amides is 1. The minimum absolute atomic E-state index is 0.191. The van der Waals surface area contributed by atoms with Crippen LogP contribution in [0.1, 0.15) is 16.2 Å². The largest absolute Gasteiger partial charge is 0.437 e. The Morgan fingerprint density at radius 3 is 3.00 bits per heavy atom. The van der Waals surface area contributed by atoms with E-state index < -0.39 is 0 Å². The first kappa shape index (κ1) is 12.0. The van der Waals surface area contributed by atoms with Crippen LogP contribution in [0.3, 0.4) is 0 Å². The Hall–Kier alpha value is -2.43. The average Bonchev–Trinajstić information content (AvgIpc) is 2.41. The summed E-state index contributed by atoms with van der Waals surface area (Å²) in [5, 5.41) is 2.48. The van der Waals surface area contributed by atoms with Gasteiger partial charge in [0.2, 0.25) is 5.88 Å². The van der Waals surface area contributed by atoms with E-state index in [4.69, 9.17) is 4.74 Å². The second-order valence-corrected chi connectivity index (χ2v) is 3.54. The fraction of sp³-hybridized carbons (Fsp3) is 0.154. The van der Waals surface area contributed by atoms with E-state index >= 15 is 0 Å². The van der Waals surface area contributed by atoms with Gasteiger partial charge in [-0.3, -0.25) is 9.78 Å². The van der Waals surface area contributed by atoms with E-state index in [-0.39, 0.29) is 11.6 Å². The Morgan fingerprint density at radius 2 is 2.28 bits per heavy atom. The summed E-state index contributed by atoms with van der Waals surface area (Å²) in [4.78, 5) is 19.6. The van der Waals surface area contributed by atoms with E-state index in [9.17, 15) is 4.79 Å². The molecule has 18 heavy (non-hydrogen) atoms. The number of hydrogen-bond acceptors (Lipinski definition) is 4. The average molecular weight is 242 g/mol. The van der Waals surface area contributed by atoms with Gasteiger partial charge < -0.3 is 10.1 Å². The molecule has 91 valence electrons. The van der Waals surface area contributed by atoms with Gasteiger partial charge in [0.25, 0.3) is 5.91 Å². The van der Waals surface area contributed by atoms with Crippen LogP contribution < -0.4 is 10.1 Å². The highest BCUT2D eigenvalue weighted by Crippen LogP contribution is 2.21. The highest BCUT2D eigenvalue weighted by atomic mass is 16.5. The maximum absolute atomic E-state index is 11.4. The van der Waals surface area contributed by atoms with Crippen molar-refractivity contribution in [2.45, 2.75) is 6.92 Å². The molecule has 5 heteroatoms. The third-order valence-corrected chi connectivity index (χ3v) is 2.28. The lowest BCUT2D eigenvalue weighted by molar-refractivity contribution is 0.0957. The minimum Gasteiger partial charge on any atom is -0.437 e. The lowest BCUT2D eigenvalue weighted by Gasteiger charge is -2.07. The molecule has 5 nitrogen and oxygen atoms in total. The first-order valence-corrected chi connectivity index (χ1v) is 5.41. The van der Waals surface area contributed by atoms with Crippen molar-refractivity contribution in [2.24, 2.45) is 0 Å². The van der Waals surface area contributed by atoms with E-state index in [1.165, 1.54) is 7.05 Å². The summed E-state index contributed by atoms with van der Waals surface area (Å²) in [6.07, 6.45) is 1.68. The predicted molar refractivity (Wildman–Crippen MR) is 65.5 cm³/mol. The van der Waals surface area contributed by atoms with Gasteiger partial charge >= 0.3 is 0 Å². The summed E-state index contributed by atoms with van der Waals surface area (Å²) < 4.78 is 5.57. The molecule has 0 unspecified atom stereocenters. The van der Waals surface area contributed by atoms with Crippen LogP contribution in [0.25, 0.3) is 0 Å². The molecular weight excluding hydrogens is 230 g/mol. The number of hydrogen-bond donors (Lipinski definition) is 1. The Balaban J connectivity index is 2.25. The predicted octanol–water partition coefficient (Wildman–Crippen LogP) is 1.74. The normalized spacial score (nSPS) is 9.89. The first-order chi connectivity index (χ1) is 8.70. The van der Waals surface area contributed by atoms with Crippen molar-refractivity contribution in [2.75, 3.05) is 7.05 Å². The Morgan fingerprint density at radius 1 is 1.44 bits per heavy atom. The fourth-order valence-electron chi connectivity index (χ4n) is 1.35. The van der Waals surface area contributed by atoms with Gasteiger partial charge in [0.05, 0.1) is 5.69 Å². The standard InChI is InChI=1S/C13H12N3O2/c1-9-11(6-4-8-15-9)18-12-7-3-5-10(16-12)13(17)14-2/h3-4,6-8H,1-2H3,(H,14,17). The topological polar surface area (TPSA) is 64.1 Å². The van der Waals surface area contributed by atoms with Crippen molar-refractivity contribution in [3.63, 3.8) is 0 Å². The van der Waals surface area contributed by atoms with Gasteiger partial charge in [-0.1, -0.05) is 0 Å². The van der Waals surface area contributed by atoms with Gasteiger partial charge in [-0.05, 0) is 25.1 Å². The SMILES string of the molecule is CNC(=O)c1[c]ccc(Oc2cccnc2C)n1. The molecule has 2 aromatic rings. The van der Waals surface area contributed by atoms with Crippen molar-refractivity contribution in [3.8, 4) is 11.6 Å². The van der Waals surface area contributed by atoms with Crippen LogP contribution in [0.2, 0.25) is 0 Å². The first-order valence-electron chi connectivity index (χ1n) is 5.41. The molecular formula is C13H12N3O2. The lowest BCUT2D eigenvalue weighted by atomic mass is 10.3. The number of rotatable bonds is 3. The summed E-state index contributed by atoms with van der Waals surface area (Å²) in [6.45, 7) is 1.84. The zero-order valence-electron chi connectivity index (χ0n) is 10.1. The molecule has 0 aliphatic heterocycles. The van der Waals surface area contributed by atoms with Crippen molar-refractivity contribution in [1.82, 2.24) is 15.3 Å². The van der Waals surface area contributed by atoms with E-state index in [1.807, 2.05) is 6.92 Å². The zero-order valence-corrected chi connectivity index (χ0v) is 10.1. The van der Waals surface area contributed by atoms with Gasteiger partial charge in [0.15, 0.2) is 5.75 Å². The van der Waals surface area contributed by atoms with Crippen LogP contribution in [0.5, 0.6) is 11.6 Å². The van der Waals surface area contributed by atoms with Crippen LogP contribution in [-0.4, -0.2) is 22.9 Å². The van der Waals surface area contributed by atoms with Gasteiger partial charge in [0, 0.05) is 25.4 Å². The molecule has 2 rings (SSSR count). The van der Waals surface area contributed by atoms with Crippen molar-refractivity contribution < 1.29 is 9.53 Å². The van der Waals surface area contributed by atoms with Crippen LogP contribution in [0.4, 0.5) is 0 Å². The summed E-state index contributed by atoms with van der Waals surface area (Å²) in [5.41, 5.74) is 0.949. The van der Waals surface area contributed by atoms with E-state index in [2.05, 4.69) is 21.4 Å². The maximum atomic E-state index is 11.4. The van der Waals surface area contributed by atoms with E-state index in [0.29, 0.717) is 11.6 Å². The van der Waals surface area contributed by atoms with Crippen LogP contribution in [-0.2, 0) is 0 Å². The molecule has 0 aromatic carbocycles. The Labute approximate surface area is 105 Å². The van der Waals surface area contributed by atoms with Crippen molar-refractivity contribution in [3.05, 3.63) is 47.9 Å². The molecule has 2 aromatic heterocycles. The molecule has 0 saturated heterocycles. The molecule has 0 atom stereocenters. The third-order valence-electron chi connectivity index (χ3n) is 2.28. The number of aromatic nitrogens is 2. The van der Waals surface area contributed by atoms with E-state index in [0.717, 1.165) is 5.69 Å². The Kier molecular flexibility index (Phi) is 3.52. The molecule has 2 heterocycles. The third kappa shape index (κ3) is 2.63. The lowest BCUT2D eigenvalue weighted by Crippen LogP contribution is -2.19. The van der Waals surface area contributed by atoms with Crippen molar-refractivity contribution >= 4 is 5.91 Å². The summed E-state index contributed by atoms with van der Waals surface area (Å²) in [5.74, 6) is 0.644. The van der Waals surface area contributed by atoms with E-state index in [1.54, 1.807) is 30.5 Å². The summed E-state index contributed by atoms with van der Waals surface area (Å²) in [6, 6.07) is 9.54. The molecule has 0 fully saturated rings. The monoisotopic (exact) mass is 242 g/mol. The molecule has 1 radical (unpaired) electrons. The van der Waals surface area contributed by atoms with Gasteiger partial charge in [-0.15, -0.1) is 0 Å². The number of nitrogens with zero attached hydrogens (tertiary/aromatic N) is 2. The molecule has 0 aliphatic carbocycles. The van der Waals surface area contributed by atoms with Crippen LogP contribution in [0, 0.1) is 13.0 Å². The van der Waals surface area contributed by atoms with Gasteiger partial charge in [-0.25, -0.2) is 4.98 Å². The Bertz CT molecular complexity index is 570. The summed E-state index contributed by atoms with van der Waals surface area (Å²) >= 11 is 0. The smallest absolute Gasteiger partial charge is 0.270 e. The van der Waals surface area contributed by atoms with Crippen molar-refractivity contribution in [1.29, 1.82) is 0 Å². The van der Waals surface area contributed by atoms with Gasteiger partial charge in [-0.2, -0.15) is 0 Å². The second kappa shape index (κ2) is 5.27. The molecule has 1 N–H and O–H groups in total. The minimum atomic E-state index is -0.302. The zero-order chi connectivity index (χ0) is 13.0. The molecule has 1 amide bonds. The molecule has 0 bridgehead atoms. The highest BCUT2D eigenvalue weighted by molar-refractivity contribution is 5.91. The number of carbonyl (C=O) groups excluding carboxylic acids is 1. The second-order valence-electron chi connectivity index (χ2n) is 3.54. The maximum Gasteiger partial charge on any atom is 0.270 e. The number of pyridine rings is 2. The highest BCUT2D eigenvalue weighted by Gasteiger charge is 2.08. The summed E-state index contributed by atoms with van der Waals surface area (Å²) in [7, 11) is 1.54. The molecule has 0 aliphatic rings. The number of aryl methyl sites for hydroxylation is 1. The number of carbonyl (C=O) groups is 1. The van der Waals surface area contributed by atoms with Crippen LogP contribution in [0.15, 0.2) is 30.5 Å². The quantitative estimate of drug-likeness (QED) is 0.890. The molecule has 0 spiro atoms. The fourth-order valence-corrected chi connectivity index (χ4v) is 1.35. The number of nitrogens with one attached hydrogen (secondary N) is 1. The van der Waals surface area contributed by atoms with Crippen LogP contribution >= 0.6 is 0 Å². The molecule has 0 saturated carbocycles. The van der Waals surface area contributed by atoms with Gasteiger partial charge in [0.1, 0.15) is 5.69 Å².